The van der Waals surface area contributed by atoms with Gasteiger partial charge in [0.25, 0.3) is 0 Å². The summed E-state index contributed by atoms with van der Waals surface area (Å²) in [4.78, 5) is 12.2. The van der Waals surface area contributed by atoms with Gasteiger partial charge >= 0.3 is 0 Å². The molecule has 5 nitrogen and oxygen atoms in total. The van der Waals surface area contributed by atoms with Gasteiger partial charge in [0.15, 0.2) is 9.84 Å². The van der Waals surface area contributed by atoms with Crippen molar-refractivity contribution in [3.05, 3.63) is 35.4 Å². The van der Waals surface area contributed by atoms with Gasteiger partial charge in [-0.2, -0.15) is 0 Å². The zero-order chi connectivity index (χ0) is 16.3. The molecule has 2 aliphatic rings. The quantitative estimate of drug-likeness (QED) is 0.889. The number of amides is 1. The molecule has 0 aromatic heterocycles. The van der Waals surface area contributed by atoms with E-state index in [1.807, 2.05) is 18.2 Å². The molecular weight excluding hydrogens is 314 g/mol. The minimum atomic E-state index is -3.43. The van der Waals surface area contributed by atoms with Crippen molar-refractivity contribution in [1.29, 1.82) is 0 Å². The van der Waals surface area contributed by atoms with E-state index in [0.717, 1.165) is 37.7 Å². The summed E-state index contributed by atoms with van der Waals surface area (Å²) in [6.45, 7) is 0.616. The maximum Gasteiger partial charge on any atom is 0.235 e. The molecular formula is C17H23NO4S. The summed E-state index contributed by atoms with van der Waals surface area (Å²) in [5.74, 6) is -0.919. The number of hydrogen-bond donors (Lipinski definition) is 1. The monoisotopic (exact) mass is 337 g/mol. The fourth-order valence-electron chi connectivity index (χ4n) is 3.46. The average Bonchev–Trinajstić information content (AvgIpc) is 2.99. The highest BCUT2D eigenvalue weighted by Crippen LogP contribution is 2.29. The molecule has 1 amide bonds. The number of aryl methyl sites for hydroxylation is 1. The first kappa shape index (κ1) is 16.5. The van der Waals surface area contributed by atoms with Gasteiger partial charge in [-0.05, 0) is 43.2 Å². The van der Waals surface area contributed by atoms with Crippen LogP contribution < -0.4 is 5.32 Å². The first-order valence-electron chi connectivity index (χ1n) is 8.23. The van der Waals surface area contributed by atoms with Crippen LogP contribution >= 0.6 is 0 Å². The third-order valence-corrected chi connectivity index (χ3v) is 6.10. The maximum atomic E-state index is 12.2. The van der Waals surface area contributed by atoms with Gasteiger partial charge in [-0.1, -0.05) is 24.3 Å². The molecule has 0 bridgehead atoms. The SMILES string of the molecule is O=C(CS(=O)(=O)C[C@@H]1CCCO1)N[C@H]1CCCc2ccccc21. The van der Waals surface area contributed by atoms with Gasteiger partial charge in [0.2, 0.25) is 5.91 Å². The number of carbonyl (C=O) groups is 1. The van der Waals surface area contributed by atoms with E-state index >= 15 is 0 Å². The molecule has 0 radical (unpaired) electrons. The van der Waals surface area contributed by atoms with E-state index < -0.39 is 21.5 Å². The number of ether oxygens (including phenoxy) is 1. The molecule has 0 spiro atoms. The van der Waals surface area contributed by atoms with Crippen molar-refractivity contribution in [3.63, 3.8) is 0 Å². The molecule has 1 aromatic carbocycles. The van der Waals surface area contributed by atoms with Crippen molar-refractivity contribution >= 4 is 15.7 Å². The topological polar surface area (TPSA) is 72.5 Å². The molecule has 1 aromatic rings. The predicted octanol–water partition coefficient (Wildman–Crippen LogP) is 1.77. The minimum absolute atomic E-state index is 0.0539. The Morgan fingerprint density at radius 3 is 2.83 bits per heavy atom. The van der Waals surface area contributed by atoms with Crippen molar-refractivity contribution < 1.29 is 17.9 Å². The fourth-order valence-corrected chi connectivity index (χ4v) is 4.89. The van der Waals surface area contributed by atoms with Crippen molar-refractivity contribution in [3.8, 4) is 0 Å². The minimum Gasteiger partial charge on any atom is -0.377 e. The molecule has 23 heavy (non-hydrogen) atoms. The van der Waals surface area contributed by atoms with Crippen LogP contribution in [0, 0.1) is 0 Å². The van der Waals surface area contributed by atoms with Gasteiger partial charge in [-0.3, -0.25) is 4.79 Å². The summed E-state index contributed by atoms with van der Waals surface area (Å²) < 4.78 is 29.6. The predicted molar refractivity (Wildman–Crippen MR) is 87.9 cm³/mol. The van der Waals surface area contributed by atoms with Crippen LogP contribution in [-0.4, -0.2) is 38.5 Å². The lowest BCUT2D eigenvalue weighted by molar-refractivity contribution is -0.119. The summed E-state index contributed by atoms with van der Waals surface area (Å²) >= 11 is 0. The molecule has 6 heteroatoms. The Morgan fingerprint density at radius 2 is 2.04 bits per heavy atom. The Morgan fingerprint density at radius 1 is 1.22 bits per heavy atom. The summed E-state index contributed by atoms with van der Waals surface area (Å²) in [6.07, 6.45) is 4.28. The van der Waals surface area contributed by atoms with Crippen LogP contribution in [0.4, 0.5) is 0 Å². The lowest BCUT2D eigenvalue weighted by atomic mass is 9.88. The smallest absolute Gasteiger partial charge is 0.235 e. The molecule has 1 saturated heterocycles. The molecule has 1 N–H and O–H groups in total. The molecule has 126 valence electrons. The van der Waals surface area contributed by atoms with Crippen molar-refractivity contribution in [2.75, 3.05) is 18.1 Å². The lowest BCUT2D eigenvalue weighted by Gasteiger charge is -2.26. The van der Waals surface area contributed by atoms with Gasteiger partial charge in [-0.15, -0.1) is 0 Å². The van der Waals surface area contributed by atoms with E-state index in [0.29, 0.717) is 6.61 Å². The molecule has 1 aliphatic heterocycles. The number of fused-ring (bicyclic) bond motifs is 1. The molecule has 0 unspecified atom stereocenters. The summed E-state index contributed by atoms with van der Waals surface area (Å²) in [6, 6.07) is 7.96. The first-order valence-corrected chi connectivity index (χ1v) is 10.0. The number of benzene rings is 1. The van der Waals surface area contributed by atoms with Crippen LogP contribution in [0.2, 0.25) is 0 Å². The summed E-state index contributed by atoms with van der Waals surface area (Å²) in [7, 11) is -3.43. The Labute approximate surface area is 137 Å². The van der Waals surface area contributed by atoms with E-state index in [1.54, 1.807) is 0 Å². The zero-order valence-electron chi connectivity index (χ0n) is 13.2. The van der Waals surface area contributed by atoms with Crippen molar-refractivity contribution in [1.82, 2.24) is 5.32 Å². The largest absolute Gasteiger partial charge is 0.377 e. The standard InChI is InChI=1S/C17H23NO4S/c19-17(12-23(20,21)11-14-7-4-10-22-14)18-16-9-3-6-13-5-1-2-8-15(13)16/h1-2,5,8,14,16H,3-4,6-7,9-12H2,(H,18,19)/t14-,16-/m0/s1. The molecule has 1 aliphatic carbocycles. The van der Waals surface area contributed by atoms with Crippen molar-refractivity contribution in [2.24, 2.45) is 0 Å². The second-order valence-electron chi connectivity index (χ2n) is 6.40. The van der Waals surface area contributed by atoms with Crippen molar-refractivity contribution in [2.45, 2.75) is 44.2 Å². The number of nitrogens with one attached hydrogen (secondary N) is 1. The van der Waals surface area contributed by atoms with Crippen LogP contribution in [0.3, 0.4) is 0 Å². The van der Waals surface area contributed by atoms with Crippen LogP contribution in [0.25, 0.3) is 0 Å². The van der Waals surface area contributed by atoms with Gasteiger partial charge in [0.1, 0.15) is 5.75 Å². The van der Waals surface area contributed by atoms with Gasteiger partial charge in [-0.25, -0.2) is 8.42 Å². The molecule has 1 heterocycles. The number of rotatable bonds is 5. The van der Waals surface area contributed by atoms with E-state index in [1.165, 1.54) is 5.56 Å². The number of hydrogen-bond acceptors (Lipinski definition) is 4. The summed E-state index contributed by atoms with van der Waals surface area (Å²) in [5.41, 5.74) is 2.36. The third-order valence-electron chi connectivity index (χ3n) is 4.52. The Kier molecular flexibility index (Phi) is 5.02. The van der Waals surface area contributed by atoms with Crippen LogP contribution in [0.15, 0.2) is 24.3 Å². The highest BCUT2D eigenvalue weighted by atomic mass is 32.2. The maximum absolute atomic E-state index is 12.2. The van der Waals surface area contributed by atoms with Gasteiger partial charge in [0, 0.05) is 6.61 Å². The second-order valence-corrected chi connectivity index (χ2v) is 8.51. The molecule has 0 saturated carbocycles. The van der Waals surface area contributed by atoms with Crippen LogP contribution in [-0.2, 0) is 25.8 Å². The number of sulfone groups is 1. The van der Waals surface area contributed by atoms with Crippen LogP contribution in [0.1, 0.15) is 42.9 Å². The highest BCUT2D eigenvalue weighted by molar-refractivity contribution is 7.92. The third kappa shape index (κ3) is 4.32. The average molecular weight is 337 g/mol. The Bertz CT molecular complexity index is 665. The molecule has 2 atom stereocenters. The first-order chi connectivity index (χ1) is 11.0. The van der Waals surface area contributed by atoms with Crippen LogP contribution in [0.5, 0.6) is 0 Å². The zero-order valence-corrected chi connectivity index (χ0v) is 14.0. The lowest BCUT2D eigenvalue weighted by Crippen LogP contribution is -2.37. The van der Waals surface area contributed by atoms with E-state index in [2.05, 4.69) is 11.4 Å². The van der Waals surface area contributed by atoms with Gasteiger partial charge in [0.05, 0.1) is 17.9 Å². The Hall–Kier alpha value is -1.40. The Balaban J connectivity index is 1.59. The molecule has 1 fully saturated rings. The van der Waals surface area contributed by atoms with E-state index in [-0.39, 0.29) is 17.9 Å². The number of carbonyl (C=O) groups excluding carboxylic acids is 1. The highest BCUT2D eigenvalue weighted by Gasteiger charge is 2.27. The fraction of sp³-hybridized carbons (Fsp3) is 0.588. The summed E-state index contributed by atoms with van der Waals surface area (Å²) in [5, 5.41) is 2.90. The second kappa shape index (κ2) is 7.01. The normalized spacial score (nSPS) is 24.2. The molecule has 3 rings (SSSR count). The van der Waals surface area contributed by atoms with E-state index in [9.17, 15) is 13.2 Å². The van der Waals surface area contributed by atoms with Gasteiger partial charge < -0.3 is 10.1 Å². The van der Waals surface area contributed by atoms with E-state index in [4.69, 9.17) is 4.74 Å².